The van der Waals surface area contributed by atoms with Gasteiger partial charge in [-0.3, -0.25) is 4.90 Å². The number of fused-ring (bicyclic) bond motifs is 1. The van der Waals surface area contributed by atoms with Gasteiger partial charge in [0.1, 0.15) is 5.75 Å². The summed E-state index contributed by atoms with van der Waals surface area (Å²) in [6.07, 6.45) is 1.14. The molecule has 0 saturated carbocycles. The monoisotopic (exact) mass is 304 g/mol. The van der Waals surface area contributed by atoms with Crippen LogP contribution in [0.2, 0.25) is 0 Å². The van der Waals surface area contributed by atoms with E-state index in [0.29, 0.717) is 6.04 Å². The molecule has 4 heteroatoms. The zero-order valence-corrected chi connectivity index (χ0v) is 14.0. The van der Waals surface area contributed by atoms with E-state index >= 15 is 0 Å². The van der Waals surface area contributed by atoms with Crippen LogP contribution in [0.1, 0.15) is 18.0 Å². The Morgan fingerprint density at radius 1 is 1.09 bits per heavy atom. The van der Waals surface area contributed by atoms with Crippen molar-refractivity contribution in [2.24, 2.45) is 11.8 Å². The number of methoxy groups -OCH3 is 2. The first-order valence-corrected chi connectivity index (χ1v) is 8.28. The zero-order chi connectivity index (χ0) is 15.5. The van der Waals surface area contributed by atoms with Crippen LogP contribution in [-0.4, -0.2) is 63.9 Å². The zero-order valence-electron chi connectivity index (χ0n) is 14.0. The molecule has 0 unspecified atom stereocenters. The fraction of sp³-hybridized carbons (Fsp3) is 0.667. The molecule has 3 atom stereocenters. The van der Waals surface area contributed by atoms with E-state index in [2.05, 4.69) is 41.1 Å². The molecule has 0 N–H and O–H groups in total. The molecule has 0 spiro atoms. The Morgan fingerprint density at radius 3 is 2.55 bits per heavy atom. The Morgan fingerprint density at radius 2 is 1.86 bits per heavy atom. The number of nitrogens with zero attached hydrogens (tertiary/aromatic N) is 2. The van der Waals surface area contributed by atoms with Crippen molar-refractivity contribution >= 4 is 0 Å². The molecule has 4 nitrogen and oxygen atoms in total. The average Bonchev–Trinajstić information content (AvgIpc) is 3.04. The van der Waals surface area contributed by atoms with E-state index in [1.54, 1.807) is 14.2 Å². The van der Waals surface area contributed by atoms with Crippen LogP contribution in [0.5, 0.6) is 5.75 Å². The summed E-state index contributed by atoms with van der Waals surface area (Å²) < 4.78 is 10.5. The predicted molar refractivity (Wildman–Crippen MR) is 88.3 cm³/mol. The second-order valence-electron chi connectivity index (χ2n) is 6.69. The number of hydrogen-bond donors (Lipinski definition) is 0. The molecule has 2 fully saturated rings. The topological polar surface area (TPSA) is 24.9 Å². The first-order valence-electron chi connectivity index (χ1n) is 8.28. The van der Waals surface area contributed by atoms with Gasteiger partial charge in [-0.2, -0.15) is 0 Å². The van der Waals surface area contributed by atoms with Gasteiger partial charge in [0.05, 0.1) is 7.11 Å². The second-order valence-corrected chi connectivity index (χ2v) is 6.69. The summed E-state index contributed by atoms with van der Waals surface area (Å²) in [5, 5.41) is 0. The fourth-order valence-electron chi connectivity index (χ4n) is 4.27. The van der Waals surface area contributed by atoms with Crippen molar-refractivity contribution in [3.05, 3.63) is 29.8 Å². The van der Waals surface area contributed by atoms with E-state index in [0.717, 1.165) is 30.6 Å². The van der Waals surface area contributed by atoms with E-state index in [1.807, 2.05) is 0 Å². The van der Waals surface area contributed by atoms with Crippen molar-refractivity contribution in [3.63, 3.8) is 0 Å². The summed E-state index contributed by atoms with van der Waals surface area (Å²) in [7, 11) is 5.78. The number of benzene rings is 1. The van der Waals surface area contributed by atoms with Crippen LogP contribution in [-0.2, 0) is 4.74 Å². The number of rotatable bonds is 6. The quantitative estimate of drug-likeness (QED) is 0.753. The van der Waals surface area contributed by atoms with Gasteiger partial charge in [0.25, 0.3) is 0 Å². The van der Waals surface area contributed by atoms with Crippen molar-refractivity contribution in [1.29, 1.82) is 0 Å². The highest BCUT2D eigenvalue weighted by Gasteiger charge is 2.45. The molecule has 2 aliphatic rings. The number of likely N-dealkylation sites (tertiary alicyclic amines) is 2. The molecular formula is C18H28N2O2. The molecule has 0 radical (unpaired) electrons. The van der Waals surface area contributed by atoms with Crippen LogP contribution in [0.25, 0.3) is 0 Å². The molecule has 122 valence electrons. The summed E-state index contributed by atoms with van der Waals surface area (Å²) in [4.78, 5) is 5.15. The maximum absolute atomic E-state index is 5.28. The van der Waals surface area contributed by atoms with Crippen LogP contribution < -0.4 is 4.74 Å². The normalized spacial score (nSPS) is 29.0. The van der Waals surface area contributed by atoms with Gasteiger partial charge in [0, 0.05) is 45.9 Å². The minimum atomic E-state index is 0.545. The van der Waals surface area contributed by atoms with E-state index in [-0.39, 0.29) is 0 Å². The third-order valence-corrected chi connectivity index (χ3v) is 5.25. The Labute approximate surface area is 134 Å². The standard InChI is InChI=1S/C18H28N2O2/c1-19-11-15-12-20(9-4-10-21-2)13-17(15)18(19)14-5-7-16(22-3)8-6-14/h5-8,15,17-18H,4,9-13H2,1-3H3/t15-,17+,18+/m0/s1. The fourth-order valence-corrected chi connectivity index (χ4v) is 4.27. The summed E-state index contributed by atoms with van der Waals surface area (Å²) in [5.74, 6) is 2.49. The van der Waals surface area contributed by atoms with Gasteiger partial charge in [-0.25, -0.2) is 0 Å². The lowest BCUT2D eigenvalue weighted by Crippen LogP contribution is -2.30. The second kappa shape index (κ2) is 6.99. The predicted octanol–water partition coefficient (Wildman–Crippen LogP) is 2.27. The van der Waals surface area contributed by atoms with Crippen molar-refractivity contribution in [1.82, 2.24) is 9.80 Å². The van der Waals surface area contributed by atoms with Crippen LogP contribution in [0, 0.1) is 11.8 Å². The summed E-state index contributed by atoms with van der Waals surface area (Å²) in [5.41, 5.74) is 1.43. The van der Waals surface area contributed by atoms with Gasteiger partial charge < -0.3 is 14.4 Å². The van der Waals surface area contributed by atoms with Crippen molar-refractivity contribution in [2.45, 2.75) is 12.5 Å². The highest BCUT2D eigenvalue weighted by molar-refractivity contribution is 5.30. The molecule has 0 aromatic heterocycles. The van der Waals surface area contributed by atoms with Crippen LogP contribution in [0.3, 0.4) is 0 Å². The highest BCUT2D eigenvalue weighted by atomic mass is 16.5. The third kappa shape index (κ3) is 3.14. The van der Waals surface area contributed by atoms with E-state index in [9.17, 15) is 0 Å². The molecule has 0 aliphatic carbocycles. The lowest BCUT2D eigenvalue weighted by atomic mass is 9.89. The van der Waals surface area contributed by atoms with E-state index in [1.165, 1.54) is 31.7 Å². The van der Waals surface area contributed by atoms with Gasteiger partial charge in [0.2, 0.25) is 0 Å². The molecule has 1 aromatic rings. The molecular weight excluding hydrogens is 276 g/mol. The SMILES string of the molecule is COCCCN1C[C@@H]2CN(C)[C@H](c3ccc(OC)cc3)[C@@H]2C1. The molecule has 3 rings (SSSR count). The smallest absolute Gasteiger partial charge is 0.118 e. The Hall–Kier alpha value is -1.10. The highest BCUT2D eigenvalue weighted by Crippen LogP contribution is 2.44. The molecule has 0 bridgehead atoms. The summed E-state index contributed by atoms with van der Waals surface area (Å²) in [6, 6.07) is 9.18. The van der Waals surface area contributed by atoms with Crippen molar-refractivity contribution in [3.8, 4) is 5.75 Å². The van der Waals surface area contributed by atoms with Crippen LogP contribution in [0.4, 0.5) is 0 Å². The van der Waals surface area contributed by atoms with Crippen LogP contribution in [0.15, 0.2) is 24.3 Å². The number of hydrogen-bond acceptors (Lipinski definition) is 4. The lowest BCUT2D eigenvalue weighted by Gasteiger charge is -2.27. The maximum atomic E-state index is 5.28. The molecule has 2 aliphatic heterocycles. The van der Waals surface area contributed by atoms with E-state index < -0.39 is 0 Å². The Bertz CT molecular complexity index is 476. The molecule has 22 heavy (non-hydrogen) atoms. The molecule has 1 aromatic carbocycles. The molecule has 0 amide bonds. The summed E-state index contributed by atoms with van der Waals surface area (Å²) in [6.45, 7) is 5.70. The van der Waals surface area contributed by atoms with Crippen molar-refractivity contribution < 1.29 is 9.47 Å². The van der Waals surface area contributed by atoms with Crippen molar-refractivity contribution in [2.75, 3.05) is 54.1 Å². The van der Waals surface area contributed by atoms with Gasteiger partial charge in [-0.15, -0.1) is 0 Å². The first-order chi connectivity index (χ1) is 10.7. The van der Waals surface area contributed by atoms with Gasteiger partial charge in [0.15, 0.2) is 0 Å². The first kappa shape index (κ1) is 15.8. The molecule has 2 heterocycles. The largest absolute Gasteiger partial charge is 0.497 e. The minimum absolute atomic E-state index is 0.545. The summed E-state index contributed by atoms with van der Waals surface area (Å²) >= 11 is 0. The van der Waals surface area contributed by atoms with Crippen LogP contribution >= 0.6 is 0 Å². The average molecular weight is 304 g/mol. The maximum Gasteiger partial charge on any atom is 0.118 e. The van der Waals surface area contributed by atoms with Gasteiger partial charge >= 0.3 is 0 Å². The van der Waals surface area contributed by atoms with Gasteiger partial charge in [-0.05, 0) is 43.0 Å². The third-order valence-electron chi connectivity index (χ3n) is 5.25. The van der Waals surface area contributed by atoms with E-state index in [4.69, 9.17) is 9.47 Å². The molecule has 2 saturated heterocycles. The lowest BCUT2D eigenvalue weighted by molar-refractivity contribution is 0.171. The Balaban J connectivity index is 1.66. The Kier molecular flexibility index (Phi) is 5.01. The number of ether oxygens (including phenoxy) is 2. The van der Waals surface area contributed by atoms with Gasteiger partial charge in [-0.1, -0.05) is 12.1 Å². The minimum Gasteiger partial charge on any atom is -0.497 e.